The number of nitrogens with one attached hydrogen (secondary N) is 2. The van der Waals surface area contributed by atoms with Gasteiger partial charge in [0, 0.05) is 30.8 Å². The summed E-state index contributed by atoms with van der Waals surface area (Å²) < 4.78 is 36.2. The summed E-state index contributed by atoms with van der Waals surface area (Å²) in [5.74, 6) is 2.47. The van der Waals surface area contributed by atoms with Crippen molar-refractivity contribution in [1.82, 2.24) is 9.97 Å². The van der Waals surface area contributed by atoms with Crippen molar-refractivity contribution >= 4 is 23.4 Å². The van der Waals surface area contributed by atoms with E-state index in [-0.39, 0.29) is 24.1 Å². The maximum atomic E-state index is 12.1. The van der Waals surface area contributed by atoms with Gasteiger partial charge < -0.3 is 10.6 Å². The summed E-state index contributed by atoms with van der Waals surface area (Å²) in [7, 11) is 1.77. The molecule has 1 aromatic heterocycles. The summed E-state index contributed by atoms with van der Waals surface area (Å²) in [6, 6.07) is 0. The molecule has 8 heteroatoms. The van der Waals surface area contributed by atoms with E-state index in [1.165, 1.54) is 0 Å². The fourth-order valence-corrected chi connectivity index (χ4v) is 2.25. The van der Waals surface area contributed by atoms with Crippen LogP contribution in [-0.2, 0) is 0 Å². The van der Waals surface area contributed by atoms with E-state index in [9.17, 15) is 13.2 Å². The lowest BCUT2D eigenvalue weighted by Gasteiger charge is -2.13. The average molecular weight is 306 g/mol. The minimum absolute atomic E-state index is 0.0301. The van der Waals surface area contributed by atoms with Crippen LogP contribution in [0.2, 0.25) is 0 Å². The summed E-state index contributed by atoms with van der Waals surface area (Å²) in [5, 5.41) is 5.97. The van der Waals surface area contributed by atoms with E-state index in [2.05, 4.69) is 20.6 Å². The van der Waals surface area contributed by atoms with E-state index >= 15 is 0 Å². The first-order valence-corrected chi connectivity index (χ1v) is 7.40. The summed E-state index contributed by atoms with van der Waals surface area (Å²) in [4.78, 5) is 8.86. The number of anilines is 2. The summed E-state index contributed by atoms with van der Waals surface area (Å²) >= 11 is -0.0301. The van der Waals surface area contributed by atoms with Gasteiger partial charge in [-0.15, -0.1) is 0 Å². The molecule has 1 aliphatic carbocycles. The highest BCUT2D eigenvalue weighted by Gasteiger charge is 2.29. The van der Waals surface area contributed by atoms with Crippen molar-refractivity contribution in [2.75, 3.05) is 30.0 Å². The van der Waals surface area contributed by atoms with Crippen LogP contribution >= 0.6 is 11.8 Å². The number of alkyl halides is 3. The van der Waals surface area contributed by atoms with Gasteiger partial charge in [0.25, 0.3) is 0 Å². The Kier molecular flexibility index (Phi) is 4.62. The Morgan fingerprint density at radius 2 is 1.90 bits per heavy atom. The molecule has 1 heterocycles. The van der Waals surface area contributed by atoms with E-state index in [0.29, 0.717) is 11.7 Å². The Morgan fingerprint density at radius 1 is 1.25 bits per heavy atom. The molecule has 2 N–H and O–H groups in total. The fourth-order valence-electron chi connectivity index (χ4n) is 1.81. The fraction of sp³-hybridized carbons (Fsp3) is 0.667. The Morgan fingerprint density at radius 3 is 2.45 bits per heavy atom. The SMILES string of the molecule is CNc1nc(C2CC2)nc(NCCSC(F)(F)F)c1C. The van der Waals surface area contributed by atoms with E-state index in [1.54, 1.807) is 7.05 Å². The van der Waals surface area contributed by atoms with Crippen LogP contribution in [0.1, 0.15) is 30.1 Å². The number of rotatable bonds is 6. The van der Waals surface area contributed by atoms with Gasteiger partial charge in [0.1, 0.15) is 17.5 Å². The number of aromatic nitrogens is 2. The second-order valence-corrected chi connectivity index (χ2v) is 5.81. The van der Waals surface area contributed by atoms with E-state index in [1.807, 2.05) is 6.92 Å². The molecule has 1 aliphatic rings. The first kappa shape index (κ1) is 15.2. The smallest absolute Gasteiger partial charge is 0.373 e. The van der Waals surface area contributed by atoms with Gasteiger partial charge in [-0.1, -0.05) is 0 Å². The quantitative estimate of drug-likeness (QED) is 0.789. The standard InChI is InChI=1S/C12H17F3N4S/c1-7-9(16-2)18-11(8-3-4-8)19-10(7)17-5-6-20-12(13,14)15/h8H,3-6H2,1-2H3,(H2,16,17,18,19). The summed E-state index contributed by atoms with van der Waals surface area (Å²) in [5.41, 5.74) is -3.36. The molecule has 0 radical (unpaired) electrons. The Balaban J connectivity index is 2.00. The van der Waals surface area contributed by atoms with E-state index in [0.717, 1.165) is 30.0 Å². The molecule has 0 aromatic carbocycles. The number of thioether (sulfide) groups is 1. The number of hydrogen-bond acceptors (Lipinski definition) is 5. The monoisotopic (exact) mass is 306 g/mol. The van der Waals surface area contributed by atoms with Gasteiger partial charge >= 0.3 is 5.51 Å². The number of halogens is 3. The maximum absolute atomic E-state index is 12.1. The van der Waals surface area contributed by atoms with Crippen LogP contribution in [0.25, 0.3) is 0 Å². The summed E-state index contributed by atoms with van der Waals surface area (Å²) in [6.45, 7) is 2.07. The second-order valence-electron chi connectivity index (χ2n) is 4.65. The van der Waals surface area contributed by atoms with Crippen LogP contribution in [0.4, 0.5) is 24.8 Å². The molecular weight excluding hydrogens is 289 g/mol. The van der Waals surface area contributed by atoms with Crippen molar-refractivity contribution in [3.63, 3.8) is 0 Å². The number of hydrogen-bond donors (Lipinski definition) is 2. The molecule has 0 spiro atoms. The predicted octanol–water partition coefficient (Wildman–Crippen LogP) is 3.37. The highest BCUT2D eigenvalue weighted by atomic mass is 32.2. The molecule has 1 fully saturated rings. The van der Waals surface area contributed by atoms with Crippen molar-refractivity contribution in [2.24, 2.45) is 0 Å². The molecule has 0 bridgehead atoms. The van der Waals surface area contributed by atoms with Crippen molar-refractivity contribution in [2.45, 2.75) is 31.2 Å². The molecule has 2 rings (SSSR count). The normalized spacial score (nSPS) is 15.2. The first-order chi connectivity index (χ1) is 9.40. The van der Waals surface area contributed by atoms with Crippen LogP contribution in [0.3, 0.4) is 0 Å². The number of nitrogens with zero attached hydrogens (tertiary/aromatic N) is 2. The Hall–Kier alpha value is -1.18. The third-order valence-electron chi connectivity index (χ3n) is 3.00. The highest BCUT2D eigenvalue weighted by Crippen LogP contribution is 2.39. The van der Waals surface area contributed by atoms with Gasteiger partial charge in [0.05, 0.1) is 0 Å². The molecular formula is C12H17F3N4S. The van der Waals surface area contributed by atoms with Gasteiger partial charge in [-0.25, -0.2) is 9.97 Å². The zero-order valence-electron chi connectivity index (χ0n) is 11.3. The second kappa shape index (κ2) is 6.07. The zero-order chi connectivity index (χ0) is 14.8. The van der Waals surface area contributed by atoms with Crippen LogP contribution < -0.4 is 10.6 Å². The molecule has 4 nitrogen and oxygen atoms in total. The first-order valence-electron chi connectivity index (χ1n) is 6.41. The average Bonchev–Trinajstić information content (AvgIpc) is 3.19. The van der Waals surface area contributed by atoms with E-state index < -0.39 is 5.51 Å². The van der Waals surface area contributed by atoms with E-state index in [4.69, 9.17) is 0 Å². The Bertz CT molecular complexity index is 475. The van der Waals surface area contributed by atoms with Gasteiger partial charge in [0.2, 0.25) is 0 Å². The lowest BCUT2D eigenvalue weighted by molar-refractivity contribution is -0.0327. The third-order valence-corrected chi connectivity index (χ3v) is 3.74. The van der Waals surface area contributed by atoms with Crippen LogP contribution in [0.5, 0.6) is 0 Å². The summed E-state index contributed by atoms with van der Waals surface area (Å²) in [6.07, 6.45) is 2.16. The van der Waals surface area contributed by atoms with Crippen molar-refractivity contribution in [1.29, 1.82) is 0 Å². The zero-order valence-corrected chi connectivity index (χ0v) is 12.2. The molecule has 1 saturated carbocycles. The third kappa shape index (κ3) is 4.16. The predicted molar refractivity (Wildman–Crippen MR) is 75.3 cm³/mol. The molecule has 0 amide bonds. The molecule has 0 aliphatic heterocycles. The maximum Gasteiger partial charge on any atom is 0.441 e. The molecule has 112 valence electrons. The lowest BCUT2D eigenvalue weighted by atomic mass is 10.2. The highest BCUT2D eigenvalue weighted by molar-refractivity contribution is 8.00. The molecule has 0 atom stereocenters. The largest absolute Gasteiger partial charge is 0.441 e. The molecule has 0 unspecified atom stereocenters. The van der Waals surface area contributed by atoms with Crippen molar-refractivity contribution < 1.29 is 13.2 Å². The van der Waals surface area contributed by atoms with Gasteiger partial charge in [0.15, 0.2) is 0 Å². The lowest BCUT2D eigenvalue weighted by Crippen LogP contribution is -2.13. The molecule has 0 saturated heterocycles. The van der Waals surface area contributed by atoms with Gasteiger partial charge in [-0.3, -0.25) is 0 Å². The minimum Gasteiger partial charge on any atom is -0.373 e. The topological polar surface area (TPSA) is 49.8 Å². The van der Waals surface area contributed by atoms with Gasteiger partial charge in [-0.05, 0) is 31.5 Å². The molecule has 1 aromatic rings. The van der Waals surface area contributed by atoms with Crippen molar-refractivity contribution in [3.8, 4) is 0 Å². The Labute approximate surface area is 120 Å². The van der Waals surface area contributed by atoms with Crippen LogP contribution in [-0.4, -0.2) is 34.8 Å². The van der Waals surface area contributed by atoms with Crippen molar-refractivity contribution in [3.05, 3.63) is 11.4 Å². The van der Waals surface area contributed by atoms with Crippen LogP contribution in [0, 0.1) is 6.92 Å². The molecule has 20 heavy (non-hydrogen) atoms. The minimum atomic E-state index is -4.18. The van der Waals surface area contributed by atoms with Gasteiger partial charge in [-0.2, -0.15) is 13.2 Å². The van der Waals surface area contributed by atoms with Crippen LogP contribution in [0.15, 0.2) is 0 Å².